The molecule has 85 valence electrons. The summed E-state index contributed by atoms with van der Waals surface area (Å²) in [5.74, 6) is 3.85. The molecule has 1 unspecified atom stereocenters. The highest BCUT2D eigenvalue weighted by Gasteiger charge is 2.21. The molecule has 1 heterocycles. The van der Waals surface area contributed by atoms with Gasteiger partial charge in [-0.25, -0.2) is 0 Å². The van der Waals surface area contributed by atoms with Gasteiger partial charge < -0.3 is 0 Å². The van der Waals surface area contributed by atoms with Crippen LogP contribution in [0.3, 0.4) is 0 Å². The van der Waals surface area contributed by atoms with Crippen molar-refractivity contribution < 1.29 is 0 Å². The summed E-state index contributed by atoms with van der Waals surface area (Å²) in [7, 11) is -0.0519. The minimum absolute atomic E-state index is 0.0519. The van der Waals surface area contributed by atoms with Gasteiger partial charge in [0.05, 0.1) is 5.92 Å². The molecule has 1 aromatic carbocycles. The lowest BCUT2D eigenvalue weighted by Gasteiger charge is -2.12. The maximum atomic E-state index is 2.40. The molecule has 0 saturated heterocycles. The third kappa shape index (κ3) is 1.87. The van der Waals surface area contributed by atoms with Gasteiger partial charge in [-0.2, -0.15) is 0 Å². The summed E-state index contributed by atoms with van der Waals surface area (Å²) < 4.78 is 0. The zero-order chi connectivity index (χ0) is 11.7. The molecule has 1 aromatic heterocycles. The molecule has 3 rings (SSSR count). The van der Waals surface area contributed by atoms with Gasteiger partial charge in [-0.05, 0) is 34.8 Å². The fourth-order valence-electron chi connectivity index (χ4n) is 2.47. The predicted octanol–water partition coefficient (Wildman–Crippen LogP) is 5.08. The number of rotatable bonds is 3. The van der Waals surface area contributed by atoms with Crippen molar-refractivity contribution in [3.05, 3.63) is 70.6 Å². The normalized spacial score (nSPS) is 15.2. The van der Waals surface area contributed by atoms with Gasteiger partial charge in [-0.15, -0.1) is 7.53 Å². The standard InChI is InChI=1S/C16H16P/c1-2-11-17-12-5-8-16(17)15-10-9-13-6-3-4-7-14(13)15/h3-10,12H,2,11H2,1H3. The first-order valence-electron chi connectivity index (χ1n) is 6.20. The SMILES string of the molecule is CCCp1cccc1[C]1C=Cc2ccccc21. The minimum atomic E-state index is -0.0519. The predicted molar refractivity (Wildman–Crippen MR) is 76.4 cm³/mol. The Balaban J connectivity index is 2.01. The van der Waals surface area contributed by atoms with Gasteiger partial charge in [0.15, 0.2) is 0 Å². The Morgan fingerprint density at radius 1 is 1.00 bits per heavy atom. The van der Waals surface area contributed by atoms with E-state index in [9.17, 15) is 0 Å². The van der Waals surface area contributed by atoms with E-state index in [1.54, 1.807) is 5.30 Å². The van der Waals surface area contributed by atoms with E-state index in [0.29, 0.717) is 0 Å². The maximum absolute atomic E-state index is 2.40. The van der Waals surface area contributed by atoms with Crippen LogP contribution in [0.2, 0.25) is 0 Å². The van der Waals surface area contributed by atoms with Crippen molar-refractivity contribution in [1.82, 2.24) is 0 Å². The van der Waals surface area contributed by atoms with E-state index in [1.165, 1.54) is 29.6 Å². The van der Waals surface area contributed by atoms with E-state index < -0.39 is 0 Å². The lowest BCUT2D eigenvalue weighted by atomic mass is 9.99. The minimum Gasteiger partial charge on any atom is -0.120 e. The molecule has 0 fully saturated rings. The third-order valence-electron chi connectivity index (χ3n) is 3.25. The second-order valence-corrected chi connectivity index (χ2v) is 6.59. The molecule has 1 atom stereocenters. The van der Waals surface area contributed by atoms with E-state index in [-0.39, 0.29) is 7.53 Å². The first-order valence-corrected chi connectivity index (χ1v) is 7.79. The lowest BCUT2D eigenvalue weighted by Crippen LogP contribution is -1.94. The smallest absolute Gasteiger partial charge is 0.0603 e. The molecule has 1 aliphatic rings. The van der Waals surface area contributed by atoms with E-state index in [0.717, 1.165) is 0 Å². The highest BCUT2D eigenvalue weighted by molar-refractivity contribution is 7.49. The Kier molecular flexibility index (Phi) is 2.91. The topological polar surface area (TPSA) is 0 Å². The van der Waals surface area contributed by atoms with Crippen molar-refractivity contribution in [2.75, 3.05) is 0 Å². The van der Waals surface area contributed by atoms with Crippen LogP contribution in [-0.2, 0) is 6.16 Å². The molecule has 1 heteroatoms. The fourth-order valence-corrected chi connectivity index (χ4v) is 4.58. The average Bonchev–Trinajstić information content (AvgIpc) is 2.95. The Hall–Kier alpha value is -1.26. The van der Waals surface area contributed by atoms with Crippen molar-refractivity contribution in [3.8, 4) is 0 Å². The second-order valence-electron chi connectivity index (χ2n) is 4.42. The monoisotopic (exact) mass is 239 g/mol. The molecule has 0 spiro atoms. The van der Waals surface area contributed by atoms with E-state index in [1.807, 2.05) is 0 Å². The zero-order valence-corrected chi connectivity index (χ0v) is 11.0. The molecule has 0 N–H and O–H groups in total. The Labute approximate surface area is 104 Å². The summed E-state index contributed by atoms with van der Waals surface area (Å²) in [6.07, 6.45) is 7.11. The molecule has 1 aliphatic carbocycles. The highest BCUT2D eigenvalue weighted by atomic mass is 31.1. The van der Waals surface area contributed by atoms with Crippen molar-refractivity contribution >= 4 is 13.6 Å². The summed E-state index contributed by atoms with van der Waals surface area (Å²) in [6.45, 7) is 2.27. The number of benzene rings is 1. The third-order valence-corrected chi connectivity index (χ3v) is 5.72. The van der Waals surface area contributed by atoms with Crippen LogP contribution < -0.4 is 0 Å². The van der Waals surface area contributed by atoms with Gasteiger partial charge in [-0.3, -0.25) is 0 Å². The van der Waals surface area contributed by atoms with Gasteiger partial charge in [0.1, 0.15) is 0 Å². The van der Waals surface area contributed by atoms with E-state index >= 15 is 0 Å². The van der Waals surface area contributed by atoms with Crippen LogP contribution in [0.4, 0.5) is 0 Å². The van der Waals surface area contributed by atoms with Gasteiger partial charge in [-0.1, -0.05) is 55.5 Å². The summed E-state index contributed by atoms with van der Waals surface area (Å²) in [4.78, 5) is 0. The van der Waals surface area contributed by atoms with Gasteiger partial charge in [0.2, 0.25) is 0 Å². The first kappa shape index (κ1) is 10.9. The van der Waals surface area contributed by atoms with E-state index in [4.69, 9.17) is 0 Å². The molecule has 0 aliphatic heterocycles. The Morgan fingerprint density at radius 2 is 1.88 bits per heavy atom. The van der Waals surface area contributed by atoms with Crippen LogP contribution in [0.1, 0.15) is 29.8 Å². The number of allylic oxidation sites excluding steroid dienone is 1. The Morgan fingerprint density at radius 3 is 2.76 bits per heavy atom. The molecule has 2 aromatic rings. The van der Waals surface area contributed by atoms with Crippen molar-refractivity contribution in [2.24, 2.45) is 0 Å². The summed E-state index contributed by atoms with van der Waals surface area (Å²) in [6, 6.07) is 13.2. The number of hydrogen-bond acceptors (Lipinski definition) is 0. The quantitative estimate of drug-likeness (QED) is 0.700. The molecular formula is C16H16P. The van der Waals surface area contributed by atoms with Crippen LogP contribution in [0.15, 0.2) is 48.3 Å². The summed E-state index contributed by atoms with van der Waals surface area (Å²) in [5.41, 5.74) is 2.77. The number of aryl methyl sites for hydroxylation is 1. The van der Waals surface area contributed by atoms with Crippen molar-refractivity contribution in [3.63, 3.8) is 0 Å². The molecule has 0 amide bonds. The summed E-state index contributed by atoms with van der Waals surface area (Å²) in [5, 5.41) is 1.56. The molecule has 0 saturated carbocycles. The molecule has 0 nitrogen and oxygen atoms in total. The van der Waals surface area contributed by atoms with Gasteiger partial charge in [0, 0.05) is 0 Å². The Bertz CT molecular complexity index is 548. The van der Waals surface area contributed by atoms with Crippen LogP contribution >= 0.6 is 7.53 Å². The second kappa shape index (κ2) is 4.55. The average molecular weight is 239 g/mol. The highest BCUT2D eigenvalue weighted by Crippen LogP contribution is 2.45. The fraction of sp³-hybridized carbons (Fsp3) is 0.188. The largest absolute Gasteiger partial charge is 0.120 e. The lowest BCUT2D eigenvalue weighted by molar-refractivity contribution is 1.03. The molecule has 1 radical (unpaired) electrons. The number of fused-ring (bicyclic) bond motifs is 1. The van der Waals surface area contributed by atoms with Gasteiger partial charge in [0.25, 0.3) is 0 Å². The van der Waals surface area contributed by atoms with Crippen LogP contribution in [0.5, 0.6) is 0 Å². The van der Waals surface area contributed by atoms with Crippen molar-refractivity contribution in [1.29, 1.82) is 0 Å². The maximum Gasteiger partial charge on any atom is 0.0603 e. The van der Waals surface area contributed by atoms with Crippen LogP contribution in [-0.4, -0.2) is 0 Å². The van der Waals surface area contributed by atoms with Crippen molar-refractivity contribution in [2.45, 2.75) is 19.5 Å². The van der Waals surface area contributed by atoms with E-state index in [2.05, 4.69) is 61.3 Å². The van der Waals surface area contributed by atoms with Gasteiger partial charge >= 0.3 is 0 Å². The summed E-state index contributed by atoms with van der Waals surface area (Å²) >= 11 is 0. The zero-order valence-electron chi connectivity index (χ0n) is 10.1. The molecule has 0 bridgehead atoms. The van der Waals surface area contributed by atoms with Crippen LogP contribution in [0, 0.1) is 5.92 Å². The first-order chi connectivity index (χ1) is 8.40. The number of hydrogen-bond donors (Lipinski definition) is 0. The van der Waals surface area contributed by atoms with Crippen LogP contribution in [0.25, 0.3) is 6.08 Å². The molecule has 17 heavy (non-hydrogen) atoms. The molecular weight excluding hydrogens is 223 g/mol.